The van der Waals surface area contributed by atoms with E-state index in [4.69, 9.17) is 9.47 Å². The second-order valence-electron chi connectivity index (χ2n) is 9.63. The van der Waals surface area contributed by atoms with Gasteiger partial charge in [-0.05, 0) is 63.6 Å². The number of nitriles is 1. The third kappa shape index (κ3) is 6.76. The van der Waals surface area contributed by atoms with Crippen LogP contribution in [0.4, 0.5) is 35.4 Å². The number of aryl methyl sites for hydroxylation is 1. The predicted octanol–water partition coefficient (Wildman–Crippen LogP) is 7.10. The molecule has 0 heterocycles. The maximum atomic E-state index is 15.1. The van der Waals surface area contributed by atoms with Crippen LogP contribution < -0.4 is 15.0 Å². The maximum absolute atomic E-state index is 15.1. The average molecular weight is 523 g/mol. The highest BCUT2D eigenvalue weighted by molar-refractivity contribution is 5.98. The lowest BCUT2D eigenvalue weighted by molar-refractivity contribution is 0.0598. The number of carbonyl (C=O) groups excluding carboxylic acids is 2. The van der Waals surface area contributed by atoms with E-state index < -0.39 is 23.3 Å². The van der Waals surface area contributed by atoms with E-state index in [0.717, 1.165) is 17.0 Å². The lowest BCUT2D eigenvalue weighted by Crippen LogP contribution is -2.34. The molecule has 0 unspecified atom stereocenters. The summed E-state index contributed by atoms with van der Waals surface area (Å²) < 4.78 is 41.3. The fraction of sp³-hybridized carbons (Fsp3) is 0.250. The molecule has 0 saturated carbocycles. The summed E-state index contributed by atoms with van der Waals surface area (Å²) in [5.41, 5.74) is -0.704. The molecular formula is C28H28F2N4O4. The quantitative estimate of drug-likeness (QED) is 0.386. The molecule has 38 heavy (non-hydrogen) atoms. The lowest BCUT2D eigenvalue weighted by atomic mass is 10.1. The molecular weight excluding hydrogens is 494 g/mol. The summed E-state index contributed by atoms with van der Waals surface area (Å²) >= 11 is 0. The molecule has 0 saturated heterocycles. The van der Waals surface area contributed by atoms with Gasteiger partial charge in [-0.2, -0.15) is 5.26 Å². The monoisotopic (exact) mass is 522 g/mol. The van der Waals surface area contributed by atoms with Gasteiger partial charge in [-0.1, -0.05) is 12.1 Å². The number of nitrogens with zero attached hydrogens (tertiary/aromatic N) is 3. The van der Waals surface area contributed by atoms with E-state index in [1.807, 2.05) is 6.07 Å². The molecule has 0 aliphatic heterocycles. The minimum atomic E-state index is -1.01. The van der Waals surface area contributed by atoms with Gasteiger partial charge in [0, 0.05) is 31.9 Å². The van der Waals surface area contributed by atoms with Crippen molar-refractivity contribution in [1.82, 2.24) is 4.90 Å². The minimum absolute atomic E-state index is 0.181. The molecule has 1 N–H and O–H groups in total. The Hall–Kier alpha value is -4.65. The normalized spacial score (nSPS) is 10.8. The molecule has 0 atom stereocenters. The fourth-order valence-electron chi connectivity index (χ4n) is 3.36. The third-order valence-corrected chi connectivity index (χ3v) is 5.04. The van der Waals surface area contributed by atoms with Crippen molar-refractivity contribution in [3.63, 3.8) is 0 Å². The number of halogens is 2. The van der Waals surface area contributed by atoms with E-state index in [1.54, 1.807) is 66.1 Å². The molecule has 0 fully saturated rings. The van der Waals surface area contributed by atoms with Gasteiger partial charge in [0.15, 0.2) is 0 Å². The summed E-state index contributed by atoms with van der Waals surface area (Å²) in [5.74, 6) is -1.65. The first-order chi connectivity index (χ1) is 17.8. The second-order valence-corrected chi connectivity index (χ2v) is 9.63. The van der Waals surface area contributed by atoms with Crippen LogP contribution in [0.5, 0.6) is 11.5 Å². The van der Waals surface area contributed by atoms with E-state index in [1.165, 1.54) is 23.1 Å². The molecule has 8 nitrogen and oxygen atoms in total. The number of urea groups is 1. The number of rotatable bonds is 5. The van der Waals surface area contributed by atoms with Crippen molar-refractivity contribution in [1.29, 1.82) is 5.26 Å². The number of ether oxygens (including phenoxy) is 2. The van der Waals surface area contributed by atoms with Crippen molar-refractivity contribution in [3.8, 4) is 17.6 Å². The van der Waals surface area contributed by atoms with Crippen molar-refractivity contribution in [3.05, 3.63) is 77.4 Å². The molecule has 3 amide bonds. The first-order valence-corrected chi connectivity index (χ1v) is 11.6. The fourth-order valence-corrected chi connectivity index (χ4v) is 3.36. The summed E-state index contributed by atoms with van der Waals surface area (Å²) in [7, 11) is 3.16. The number of carbonyl (C=O) groups is 2. The van der Waals surface area contributed by atoms with Gasteiger partial charge < -0.3 is 19.7 Å². The van der Waals surface area contributed by atoms with Crippen LogP contribution in [0.3, 0.4) is 0 Å². The maximum Gasteiger partial charge on any atom is 0.419 e. The number of amides is 3. The lowest BCUT2D eigenvalue weighted by Gasteiger charge is -2.28. The highest BCUT2D eigenvalue weighted by Crippen LogP contribution is 2.39. The van der Waals surface area contributed by atoms with E-state index in [2.05, 4.69) is 5.32 Å². The molecule has 198 valence electrons. The topological polar surface area (TPSA) is 94.9 Å². The Kier molecular flexibility index (Phi) is 8.21. The van der Waals surface area contributed by atoms with Gasteiger partial charge in [-0.25, -0.2) is 23.3 Å². The Balaban J connectivity index is 2.13. The van der Waals surface area contributed by atoms with Crippen LogP contribution in [0.15, 0.2) is 54.6 Å². The van der Waals surface area contributed by atoms with Crippen LogP contribution in [-0.4, -0.2) is 36.7 Å². The van der Waals surface area contributed by atoms with Crippen LogP contribution in [0.1, 0.15) is 31.9 Å². The number of hydrogen-bond donors (Lipinski definition) is 1. The van der Waals surface area contributed by atoms with Crippen molar-refractivity contribution in [2.75, 3.05) is 24.3 Å². The Morgan fingerprint density at radius 2 is 1.71 bits per heavy atom. The molecule has 3 rings (SSSR count). The highest BCUT2D eigenvalue weighted by atomic mass is 19.1. The number of benzene rings is 3. The Morgan fingerprint density at radius 1 is 1.00 bits per heavy atom. The molecule has 0 aliphatic carbocycles. The predicted molar refractivity (Wildman–Crippen MR) is 140 cm³/mol. The molecule has 3 aromatic carbocycles. The van der Waals surface area contributed by atoms with Gasteiger partial charge in [-0.15, -0.1) is 0 Å². The molecule has 0 bridgehead atoms. The summed E-state index contributed by atoms with van der Waals surface area (Å²) in [5, 5.41) is 12.7. The number of nitrogens with one attached hydrogen (secondary N) is 1. The van der Waals surface area contributed by atoms with E-state index in [9.17, 15) is 19.2 Å². The van der Waals surface area contributed by atoms with Crippen LogP contribution in [0.25, 0.3) is 0 Å². The van der Waals surface area contributed by atoms with Gasteiger partial charge in [-0.3, -0.25) is 0 Å². The SMILES string of the molecule is Cc1ccc(N(C(=O)OC(C)(C)C)c2cc(F)cc(Oc3cccc(NC(=O)N(C)C)c3)c2C#N)c(F)c1. The Labute approximate surface area is 220 Å². The Morgan fingerprint density at radius 3 is 2.32 bits per heavy atom. The summed E-state index contributed by atoms with van der Waals surface area (Å²) in [6.07, 6.45) is -1.01. The van der Waals surface area contributed by atoms with Gasteiger partial charge >= 0.3 is 12.1 Å². The number of hydrogen-bond acceptors (Lipinski definition) is 5. The number of anilines is 3. The second kappa shape index (κ2) is 11.2. The van der Waals surface area contributed by atoms with E-state index in [-0.39, 0.29) is 34.5 Å². The van der Waals surface area contributed by atoms with Crippen molar-refractivity contribution < 1.29 is 27.8 Å². The van der Waals surface area contributed by atoms with Crippen molar-refractivity contribution in [2.45, 2.75) is 33.3 Å². The van der Waals surface area contributed by atoms with Crippen LogP contribution >= 0.6 is 0 Å². The zero-order chi connectivity index (χ0) is 28.2. The molecule has 0 aliphatic rings. The van der Waals surface area contributed by atoms with Gasteiger partial charge in [0.05, 0.1) is 11.4 Å². The standard InChI is InChI=1S/C28H28F2N4O4/c1-17-10-11-23(22(30)12-17)34(27(36)38-28(2,3)4)24-13-18(29)14-25(21(24)16-31)37-20-9-7-8-19(15-20)32-26(35)33(5)6/h7-15H,1-6H3,(H,32,35). The molecule has 0 aromatic heterocycles. The largest absolute Gasteiger partial charge is 0.456 e. The van der Waals surface area contributed by atoms with E-state index in [0.29, 0.717) is 11.3 Å². The first-order valence-electron chi connectivity index (χ1n) is 11.6. The van der Waals surface area contributed by atoms with Gasteiger partial charge in [0.1, 0.15) is 40.4 Å². The first kappa shape index (κ1) is 27.9. The molecule has 0 radical (unpaired) electrons. The van der Waals surface area contributed by atoms with Gasteiger partial charge in [0.25, 0.3) is 0 Å². The zero-order valence-electron chi connectivity index (χ0n) is 21.9. The van der Waals surface area contributed by atoms with Crippen LogP contribution in [0.2, 0.25) is 0 Å². The molecule has 3 aromatic rings. The van der Waals surface area contributed by atoms with Crippen LogP contribution in [0, 0.1) is 29.9 Å². The van der Waals surface area contributed by atoms with E-state index >= 15 is 4.39 Å². The molecule has 10 heteroatoms. The van der Waals surface area contributed by atoms with Gasteiger partial charge in [0.2, 0.25) is 0 Å². The summed E-state index contributed by atoms with van der Waals surface area (Å²) in [6, 6.07) is 13.9. The zero-order valence-corrected chi connectivity index (χ0v) is 21.9. The summed E-state index contributed by atoms with van der Waals surface area (Å²) in [4.78, 5) is 27.4. The molecule has 0 spiro atoms. The third-order valence-electron chi connectivity index (χ3n) is 5.04. The van der Waals surface area contributed by atoms with Crippen molar-refractivity contribution in [2.24, 2.45) is 0 Å². The van der Waals surface area contributed by atoms with Crippen molar-refractivity contribution >= 4 is 29.2 Å². The summed E-state index contributed by atoms with van der Waals surface area (Å²) in [6.45, 7) is 6.56. The van der Waals surface area contributed by atoms with Crippen LogP contribution in [-0.2, 0) is 4.74 Å². The average Bonchev–Trinajstić information content (AvgIpc) is 2.79. The minimum Gasteiger partial charge on any atom is -0.456 e. The smallest absolute Gasteiger partial charge is 0.419 e. The highest BCUT2D eigenvalue weighted by Gasteiger charge is 2.31. The Bertz CT molecular complexity index is 1410.